The SMILES string of the molecule is COc1ccc(/C(C)=C/C(=O)Nc2ccc(C(C)=O)cc2)cc1. The summed E-state index contributed by atoms with van der Waals surface area (Å²) < 4.78 is 5.11. The van der Waals surface area contributed by atoms with E-state index in [9.17, 15) is 9.59 Å². The molecule has 0 aliphatic heterocycles. The van der Waals surface area contributed by atoms with Gasteiger partial charge in [0.1, 0.15) is 5.75 Å². The second kappa shape index (κ2) is 7.40. The van der Waals surface area contributed by atoms with Crippen LogP contribution in [0.15, 0.2) is 54.6 Å². The van der Waals surface area contributed by atoms with Crippen LogP contribution in [0, 0.1) is 0 Å². The zero-order valence-electron chi connectivity index (χ0n) is 13.4. The summed E-state index contributed by atoms with van der Waals surface area (Å²) >= 11 is 0. The fourth-order valence-electron chi connectivity index (χ4n) is 2.10. The van der Waals surface area contributed by atoms with Crippen LogP contribution in [0.4, 0.5) is 5.69 Å². The topological polar surface area (TPSA) is 55.4 Å². The summed E-state index contributed by atoms with van der Waals surface area (Å²) in [6.07, 6.45) is 1.54. The Morgan fingerprint density at radius 1 is 0.913 bits per heavy atom. The molecule has 118 valence electrons. The molecule has 0 heterocycles. The second-order valence-electron chi connectivity index (χ2n) is 5.18. The minimum Gasteiger partial charge on any atom is -0.497 e. The van der Waals surface area contributed by atoms with Gasteiger partial charge in [0, 0.05) is 17.3 Å². The van der Waals surface area contributed by atoms with Crippen LogP contribution in [0.1, 0.15) is 29.8 Å². The van der Waals surface area contributed by atoms with Gasteiger partial charge < -0.3 is 10.1 Å². The number of amides is 1. The lowest BCUT2D eigenvalue weighted by molar-refractivity contribution is -0.111. The maximum Gasteiger partial charge on any atom is 0.248 e. The van der Waals surface area contributed by atoms with E-state index in [0.717, 1.165) is 16.9 Å². The van der Waals surface area contributed by atoms with E-state index in [2.05, 4.69) is 5.32 Å². The van der Waals surface area contributed by atoms with E-state index in [-0.39, 0.29) is 11.7 Å². The third kappa shape index (κ3) is 4.54. The Labute approximate surface area is 135 Å². The molecule has 0 unspecified atom stereocenters. The van der Waals surface area contributed by atoms with Gasteiger partial charge in [-0.3, -0.25) is 9.59 Å². The number of methoxy groups -OCH3 is 1. The van der Waals surface area contributed by atoms with Crippen molar-refractivity contribution in [2.24, 2.45) is 0 Å². The molecule has 0 aromatic heterocycles. The average Bonchev–Trinajstić information content (AvgIpc) is 2.55. The number of anilines is 1. The molecule has 1 amide bonds. The van der Waals surface area contributed by atoms with Gasteiger partial charge in [-0.05, 0) is 61.4 Å². The number of rotatable bonds is 5. The Bertz CT molecular complexity index is 728. The molecule has 0 fully saturated rings. The first-order valence-corrected chi connectivity index (χ1v) is 7.24. The van der Waals surface area contributed by atoms with Crippen LogP contribution in [0.5, 0.6) is 5.75 Å². The van der Waals surface area contributed by atoms with E-state index in [1.165, 1.54) is 6.92 Å². The number of hydrogen-bond donors (Lipinski definition) is 1. The van der Waals surface area contributed by atoms with Gasteiger partial charge in [-0.25, -0.2) is 0 Å². The number of Topliss-reactive ketones (excluding diaryl/α,β-unsaturated/α-hetero) is 1. The molecular weight excluding hydrogens is 290 g/mol. The first-order chi connectivity index (χ1) is 11.0. The molecule has 0 aliphatic carbocycles. The van der Waals surface area contributed by atoms with Gasteiger partial charge in [-0.2, -0.15) is 0 Å². The van der Waals surface area contributed by atoms with Gasteiger partial charge in [0.15, 0.2) is 5.78 Å². The molecule has 2 rings (SSSR count). The van der Waals surface area contributed by atoms with Gasteiger partial charge in [0.2, 0.25) is 5.91 Å². The van der Waals surface area contributed by atoms with Gasteiger partial charge in [-0.15, -0.1) is 0 Å². The first kappa shape index (κ1) is 16.5. The number of ether oxygens (including phenoxy) is 1. The summed E-state index contributed by atoms with van der Waals surface area (Å²) in [7, 11) is 1.61. The highest BCUT2D eigenvalue weighted by Gasteiger charge is 2.03. The molecule has 0 atom stereocenters. The van der Waals surface area contributed by atoms with Gasteiger partial charge in [0.25, 0.3) is 0 Å². The Balaban J connectivity index is 2.05. The smallest absolute Gasteiger partial charge is 0.248 e. The van der Waals surface area contributed by atoms with E-state index in [4.69, 9.17) is 4.74 Å². The van der Waals surface area contributed by atoms with Crippen LogP contribution in [-0.4, -0.2) is 18.8 Å². The number of carbonyl (C=O) groups excluding carboxylic acids is 2. The highest BCUT2D eigenvalue weighted by molar-refractivity contribution is 6.04. The van der Waals surface area contributed by atoms with Gasteiger partial charge in [-0.1, -0.05) is 12.1 Å². The summed E-state index contributed by atoms with van der Waals surface area (Å²) in [6, 6.07) is 14.3. The summed E-state index contributed by atoms with van der Waals surface area (Å²) in [4.78, 5) is 23.3. The Morgan fingerprint density at radius 2 is 1.48 bits per heavy atom. The number of carbonyl (C=O) groups is 2. The highest BCUT2D eigenvalue weighted by Crippen LogP contribution is 2.18. The normalized spacial score (nSPS) is 11.0. The lowest BCUT2D eigenvalue weighted by Gasteiger charge is -2.06. The Kier molecular flexibility index (Phi) is 5.31. The maximum absolute atomic E-state index is 12.1. The van der Waals surface area contributed by atoms with Crippen molar-refractivity contribution in [2.75, 3.05) is 12.4 Å². The lowest BCUT2D eigenvalue weighted by atomic mass is 10.1. The van der Waals surface area contributed by atoms with E-state index in [1.54, 1.807) is 37.5 Å². The number of benzene rings is 2. The van der Waals surface area contributed by atoms with Crippen molar-refractivity contribution in [1.29, 1.82) is 0 Å². The third-order valence-corrected chi connectivity index (χ3v) is 3.45. The van der Waals surface area contributed by atoms with Crippen molar-refractivity contribution in [2.45, 2.75) is 13.8 Å². The minimum absolute atomic E-state index is 0.00174. The van der Waals surface area contributed by atoms with Crippen molar-refractivity contribution < 1.29 is 14.3 Å². The molecule has 4 heteroatoms. The lowest BCUT2D eigenvalue weighted by Crippen LogP contribution is -2.08. The van der Waals surface area contributed by atoms with Crippen molar-refractivity contribution in [3.8, 4) is 5.75 Å². The highest BCUT2D eigenvalue weighted by atomic mass is 16.5. The number of allylic oxidation sites excluding steroid dienone is 1. The Morgan fingerprint density at radius 3 is 2.00 bits per heavy atom. The number of ketones is 1. The maximum atomic E-state index is 12.1. The predicted molar refractivity (Wildman–Crippen MR) is 91.7 cm³/mol. The summed E-state index contributed by atoms with van der Waals surface area (Å²) in [6.45, 7) is 3.38. The van der Waals surface area contributed by atoms with Gasteiger partial charge >= 0.3 is 0 Å². The average molecular weight is 309 g/mol. The summed E-state index contributed by atoms with van der Waals surface area (Å²) in [5.41, 5.74) is 3.07. The van der Waals surface area contributed by atoms with E-state index < -0.39 is 0 Å². The van der Waals surface area contributed by atoms with Crippen LogP contribution in [0.2, 0.25) is 0 Å². The van der Waals surface area contributed by atoms with Gasteiger partial charge in [0.05, 0.1) is 7.11 Å². The van der Waals surface area contributed by atoms with Crippen LogP contribution < -0.4 is 10.1 Å². The third-order valence-electron chi connectivity index (χ3n) is 3.45. The zero-order chi connectivity index (χ0) is 16.8. The summed E-state index contributed by atoms with van der Waals surface area (Å²) in [5, 5.41) is 2.78. The molecule has 0 aliphatic rings. The largest absolute Gasteiger partial charge is 0.497 e. The van der Waals surface area contributed by atoms with Crippen LogP contribution in [0.3, 0.4) is 0 Å². The molecule has 1 N–H and O–H groups in total. The molecule has 0 radical (unpaired) electrons. The fraction of sp³-hybridized carbons (Fsp3) is 0.158. The second-order valence-corrected chi connectivity index (χ2v) is 5.18. The summed E-state index contributed by atoms with van der Waals surface area (Å²) in [5.74, 6) is 0.559. The predicted octanol–water partition coefficient (Wildman–Crippen LogP) is 3.94. The minimum atomic E-state index is -0.214. The van der Waals surface area contributed by atoms with Crippen LogP contribution >= 0.6 is 0 Å². The molecule has 4 nitrogen and oxygen atoms in total. The molecule has 0 saturated carbocycles. The van der Waals surface area contributed by atoms with Crippen molar-refractivity contribution in [3.63, 3.8) is 0 Å². The molecule has 0 spiro atoms. The molecule has 0 saturated heterocycles. The monoisotopic (exact) mass is 309 g/mol. The van der Waals surface area contributed by atoms with Crippen molar-refractivity contribution in [1.82, 2.24) is 0 Å². The number of nitrogens with one attached hydrogen (secondary N) is 1. The van der Waals surface area contributed by atoms with E-state index in [1.807, 2.05) is 31.2 Å². The number of hydrogen-bond acceptors (Lipinski definition) is 3. The van der Waals surface area contributed by atoms with Crippen molar-refractivity contribution >= 4 is 23.0 Å². The van der Waals surface area contributed by atoms with Crippen LogP contribution in [-0.2, 0) is 4.79 Å². The van der Waals surface area contributed by atoms with Crippen molar-refractivity contribution in [3.05, 3.63) is 65.7 Å². The molecular formula is C19H19NO3. The first-order valence-electron chi connectivity index (χ1n) is 7.24. The Hall–Kier alpha value is -2.88. The quantitative estimate of drug-likeness (QED) is 0.672. The molecule has 2 aromatic carbocycles. The molecule has 23 heavy (non-hydrogen) atoms. The molecule has 2 aromatic rings. The van der Waals surface area contributed by atoms with Crippen LogP contribution in [0.25, 0.3) is 5.57 Å². The molecule has 0 bridgehead atoms. The van der Waals surface area contributed by atoms with E-state index >= 15 is 0 Å². The fourth-order valence-corrected chi connectivity index (χ4v) is 2.10. The van der Waals surface area contributed by atoms with E-state index in [0.29, 0.717) is 11.3 Å². The standard InChI is InChI=1S/C19H19NO3/c1-13(15-6-10-18(23-3)11-7-15)12-19(22)20-17-8-4-16(5-9-17)14(2)21/h4-12H,1-3H3,(H,20,22)/b13-12+. The zero-order valence-corrected chi connectivity index (χ0v) is 13.4.